The van der Waals surface area contributed by atoms with Gasteiger partial charge < -0.3 is 4.74 Å². The third-order valence-electron chi connectivity index (χ3n) is 1.89. The van der Waals surface area contributed by atoms with E-state index in [4.69, 9.17) is 4.74 Å². The van der Waals surface area contributed by atoms with Crippen LogP contribution in [0.3, 0.4) is 0 Å². The lowest BCUT2D eigenvalue weighted by molar-refractivity contribution is -0.142. The van der Waals surface area contributed by atoms with Crippen molar-refractivity contribution >= 4 is 15.9 Å². The Balaban J connectivity index is 3.44. The van der Waals surface area contributed by atoms with Crippen molar-refractivity contribution in [2.75, 3.05) is 7.11 Å². The number of rotatable bonds is 1. The number of hydrogen-bond donors (Lipinski definition) is 0. The van der Waals surface area contributed by atoms with Crippen molar-refractivity contribution in [1.29, 1.82) is 0 Å². The predicted molar refractivity (Wildman–Crippen MR) is 56.5 cm³/mol. The van der Waals surface area contributed by atoms with Crippen molar-refractivity contribution < 1.29 is 17.9 Å². The molecule has 0 bridgehead atoms. The molecule has 0 atom stereocenters. The van der Waals surface area contributed by atoms with Gasteiger partial charge in [-0.05, 0) is 36.7 Å². The molecule has 0 aliphatic rings. The highest BCUT2D eigenvalue weighted by molar-refractivity contribution is 9.10. The van der Waals surface area contributed by atoms with Gasteiger partial charge in [0.15, 0.2) is 5.69 Å². The molecule has 0 amide bonds. The molecule has 1 aromatic heterocycles. The smallest absolute Gasteiger partial charge is 0.436 e. The first-order chi connectivity index (χ1) is 7.09. The quantitative estimate of drug-likeness (QED) is 0.794. The molecule has 0 saturated carbocycles. The van der Waals surface area contributed by atoms with E-state index in [1.54, 1.807) is 20.8 Å². The van der Waals surface area contributed by atoms with Crippen LogP contribution in [0.2, 0.25) is 0 Å². The van der Waals surface area contributed by atoms with E-state index >= 15 is 0 Å². The molecule has 1 aromatic rings. The van der Waals surface area contributed by atoms with E-state index in [1.165, 1.54) is 11.8 Å². The Bertz CT molecular complexity index is 393. The monoisotopic (exact) mass is 300 g/mol. The molecule has 3 nitrogen and oxygen atoms in total. The number of aromatic nitrogens is 2. The molecular weight excluding hydrogens is 289 g/mol. The molecule has 7 heteroatoms. The Hall–Kier alpha value is -0.720. The SMILES string of the molecule is COc1c(Br)c(C(F)(F)F)nn1C(C)(C)C. The van der Waals surface area contributed by atoms with Gasteiger partial charge in [0, 0.05) is 0 Å². The van der Waals surface area contributed by atoms with Gasteiger partial charge in [-0.15, -0.1) is 0 Å². The lowest BCUT2D eigenvalue weighted by Gasteiger charge is -2.21. The van der Waals surface area contributed by atoms with Crippen molar-refractivity contribution in [2.24, 2.45) is 0 Å². The van der Waals surface area contributed by atoms with E-state index < -0.39 is 17.4 Å². The molecule has 0 N–H and O–H groups in total. The summed E-state index contributed by atoms with van der Waals surface area (Å²) < 4.78 is 43.8. The van der Waals surface area contributed by atoms with E-state index in [2.05, 4.69) is 21.0 Å². The molecule has 0 fully saturated rings. The number of nitrogens with zero attached hydrogens (tertiary/aromatic N) is 2. The van der Waals surface area contributed by atoms with Gasteiger partial charge in [0.25, 0.3) is 0 Å². The van der Waals surface area contributed by atoms with Crippen LogP contribution in [0.25, 0.3) is 0 Å². The topological polar surface area (TPSA) is 27.1 Å². The van der Waals surface area contributed by atoms with E-state index in [-0.39, 0.29) is 10.4 Å². The maximum absolute atomic E-state index is 12.6. The Morgan fingerprint density at radius 1 is 1.25 bits per heavy atom. The summed E-state index contributed by atoms with van der Waals surface area (Å²) in [5, 5.41) is 3.54. The Labute approximate surface area is 99.7 Å². The van der Waals surface area contributed by atoms with Crippen molar-refractivity contribution in [3.8, 4) is 5.88 Å². The largest absolute Gasteiger partial charge is 0.480 e. The average Bonchev–Trinajstić information content (AvgIpc) is 2.40. The summed E-state index contributed by atoms with van der Waals surface area (Å²) in [5.74, 6) is 0.0693. The molecule has 0 aromatic carbocycles. The number of alkyl halides is 3. The van der Waals surface area contributed by atoms with Gasteiger partial charge in [-0.1, -0.05) is 0 Å². The summed E-state index contributed by atoms with van der Waals surface area (Å²) in [6, 6.07) is 0. The van der Waals surface area contributed by atoms with Crippen LogP contribution in [-0.4, -0.2) is 16.9 Å². The van der Waals surface area contributed by atoms with Gasteiger partial charge in [0.1, 0.15) is 4.47 Å². The highest BCUT2D eigenvalue weighted by Crippen LogP contribution is 2.40. The zero-order valence-electron chi connectivity index (χ0n) is 9.31. The van der Waals surface area contributed by atoms with Gasteiger partial charge in [0.05, 0.1) is 12.6 Å². The molecule has 0 aliphatic carbocycles. The van der Waals surface area contributed by atoms with Crippen molar-refractivity contribution in [1.82, 2.24) is 9.78 Å². The highest BCUT2D eigenvalue weighted by atomic mass is 79.9. The van der Waals surface area contributed by atoms with Crippen molar-refractivity contribution in [2.45, 2.75) is 32.5 Å². The molecule has 92 valence electrons. The molecule has 0 spiro atoms. The Morgan fingerprint density at radius 2 is 1.75 bits per heavy atom. The second-order valence-electron chi connectivity index (χ2n) is 4.25. The lowest BCUT2D eigenvalue weighted by atomic mass is 10.1. The van der Waals surface area contributed by atoms with Crippen LogP contribution in [0.15, 0.2) is 4.47 Å². The first-order valence-corrected chi connectivity index (χ1v) is 5.28. The van der Waals surface area contributed by atoms with Gasteiger partial charge in [-0.3, -0.25) is 0 Å². The lowest BCUT2D eigenvalue weighted by Crippen LogP contribution is -2.24. The number of halogens is 4. The third-order valence-corrected chi connectivity index (χ3v) is 2.60. The van der Waals surface area contributed by atoms with Gasteiger partial charge in [-0.25, -0.2) is 4.68 Å². The molecule has 1 rings (SSSR count). The maximum Gasteiger partial charge on any atom is 0.436 e. The van der Waals surface area contributed by atoms with E-state index in [1.807, 2.05) is 0 Å². The summed E-state index contributed by atoms with van der Waals surface area (Å²) >= 11 is 2.86. The molecule has 0 saturated heterocycles. The van der Waals surface area contributed by atoms with Crippen molar-refractivity contribution in [3.05, 3.63) is 10.2 Å². The molecule has 0 unspecified atom stereocenters. The van der Waals surface area contributed by atoms with Crippen molar-refractivity contribution in [3.63, 3.8) is 0 Å². The second kappa shape index (κ2) is 3.94. The summed E-state index contributed by atoms with van der Waals surface area (Å²) in [6.45, 7) is 5.24. The minimum Gasteiger partial charge on any atom is -0.480 e. The first-order valence-electron chi connectivity index (χ1n) is 4.49. The summed E-state index contributed by atoms with van der Waals surface area (Å²) in [7, 11) is 1.31. The Morgan fingerprint density at radius 3 is 2.00 bits per heavy atom. The summed E-state index contributed by atoms with van der Waals surface area (Å²) in [4.78, 5) is 0. The summed E-state index contributed by atoms with van der Waals surface area (Å²) in [5.41, 5.74) is -1.56. The Kier molecular flexibility index (Phi) is 3.29. The fourth-order valence-corrected chi connectivity index (χ4v) is 1.83. The zero-order chi connectivity index (χ0) is 12.7. The zero-order valence-corrected chi connectivity index (χ0v) is 10.9. The standard InChI is InChI=1S/C9H12BrF3N2O/c1-8(2,3)15-7(16-4)5(10)6(14-15)9(11,12)13/h1-4H3. The van der Waals surface area contributed by atoms with Gasteiger partial charge in [0.2, 0.25) is 5.88 Å². The molecule has 1 heterocycles. The van der Waals surface area contributed by atoms with Crippen LogP contribution in [-0.2, 0) is 11.7 Å². The van der Waals surface area contributed by atoms with Crippen LogP contribution in [0.5, 0.6) is 5.88 Å². The molecule has 0 aliphatic heterocycles. The van der Waals surface area contributed by atoms with Crippen LogP contribution in [0.1, 0.15) is 26.5 Å². The van der Waals surface area contributed by atoms with Gasteiger partial charge in [-0.2, -0.15) is 18.3 Å². The van der Waals surface area contributed by atoms with Crippen LogP contribution < -0.4 is 4.74 Å². The maximum atomic E-state index is 12.6. The van der Waals surface area contributed by atoms with E-state index in [9.17, 15) is 13.2 Å². The minimum atomic E-state index is -4.50. The average molecular weight is 301 g/mol. The number of methoxy groups -OCH3 is 1. The van der Waals surface area contributed by atoms with Crippen LogP contribution in [0, 0.1) is 0 Å². The number of hydrogen-bond acceptors (Lipinski definition) is 2. The molecule has 16 heavy (non-hydrogen) atoms. The first kappa shape index (κ1) is 13.3. The van der Waals surface area contributed by atoms with Crippen LogP contribution in [0.4, 0.5) is 13.2 Å². The highest BCUT2D eigenvalue weighted by Gasteiger charge is 2.40. The minimum absolute atomic E-state index is 0.0693. The number of ether oxygens (including phenoxy) is 1. The molecular formula is C9H12BrF3N2O. The van der Waals surface area contributed by atoms with Gasteiger partial charge >= 0.3 is 6.18 Å². The van der Waals surface area contributed by atoms with E-state index in [0.29, 0.717) is 0 Å². The third kappa shape index (κ3) is 2.34. The fourth-order valence-electron chi connectivity index (χ4n) is 1.20. The normalized spacial score (nSPS) is 13.0. The predicted octanol–water partition coefficient (Wildman–Crippen LogP) is 3.43. The van der Waals surface area contributed by atoms with E-state index in [0.717, 1.165) is 0 Å². The fraction of sp³-hybridized carbons (Fsp3) is 0.667. The second-order valence-corrected chi connectivity index (χ2v) is 5.05. The molecule has 0 radical (unpaired) electrons. The summed E-state index contributed by atoms with van der Waals surface area (Å²) in [6.07, 6.45) is -4.50. The van der Waals surface area contributed by atoms with Crippen LogP contribution >= 0.6 is 15.9 Å².